The number of aryl methyl sites for hydroxylation is 1. The van der Waals surface area contributed by atoms with Gasteiger partial charge >= 0.3 is 0 Å². The quantitative estimate of drug-likeness (QED) is 0.865. The van der Waals surface area contributed by atoms with E-state index >= 15 is 0 Å². The lowest BCUT2D eigenvalue weighted by atomic mass is 9.95. The predicted molar refractivity (Wildman–Crippen MR) is 74.4 cm³/mol. The average Bonchev–Trinajstić information content (AvgIpc) is 2.37. The highest BCUT2D eigenvalue weighted by atomic mass is 15.2. The van der Waals surface area contributed by atoms with E-state index < -0.39 is 0 Å². The highest BCUT2D eigenvalue weighted by Crippen LogP contribution is 2.30. The SMILES string of the molecule is CC(CN)CCN1c2ccccc2CCC1C. The fraction of sp³-hybridized carbons (Fsp3) is 0.600. The van der Waals surface area contributed by atoms with Crippen molar-refractivity contribution in [3.8, 4) is 0 Å². The minimum Gasteiger partial charge on any atom is -0.369 e. The van der Waals surface area contributed by atoms with Crippen LogP contribution in [0.2, 0.25) is 0 Å². The van der Waals surface area contributed by atoms with Crippen molar-refractivity contribution in [1.29, 1.82) is 0 Å². The van der Waals surface area contributed by atoms with Gasteiger partial charge in [-0.25, -0.2) is 0 Å². The molecule has 1 aliphatic rings. The van der Waals surface area contributed by atoms with E-state index in [1.807, 2.05) is 0 Å². The minimum atomic E-state index is 0.622. The maximum atomic E-state index is 5.70. The fourth-order valence-electron chi connectivity index (χ4n) is 2.58. The Hall–Kier alpha value is -1.02. The van der Waals surface area contributed by atoms with E-state index in [1.165, 1.54) is 30.5 Å². The van der Waals surface area contributed by atoms with E-state index in [2.05, 4.69) is 43.0 Å². The van der Waals surface area contributed by atoms with Gasteiger partial charge < -0.3 is 10.6 Å². The van der Waals surface area contributed by atoms with E-state index in [1.54, 1.807) is 0 Å². The number of hydrogen-bond acceptors (Lipinski definition) is 2. The normalized spacial score (nSPS) is 21.1. The molecule has 2 rings (SSSR count). The molecule has 0 saturated heterocycles. The zero-order valence-electron chi connectivity index (χ0n) is 11.0. The number of para-hydroxylation sites is 1. The number of anilines is 1. The van der Waals surface area contributed by atoms with Crippen LogP contribution in [0.5, 0.6) is 0 Å². The highest BCUT2D eigenvalue weighted by Gasteiger charge is 2.22. The first-order valence-corrected chi connectivity index (χ1v) is 6.77. The molecule has 0 bridgehead atoms. The molecule has 0 aliphatic carbocycles. The van der Waals surface area contributed by atoms with E-state index in [-0.39, 0.29) is 0 Å². The van der Waals surface area contributed by atoms with Crippen molar-refractivity contribution in [3.63, 3.8) is 0 Å². The van der Waals surface area contributed by atoms with Gasteiger partial charge in [-0.15, -0.1) is 0 Å². The summed E-state index contributed by atoms with van der Waals surface area (Å²) in [7, 11) is 0. The van der Waals surface area contributed by atoms with Gasteiger partial charge in [0, 0.05) is 18.3 Å². The Balaban J connectivity index is 2.10. The number of nitrogens with two attached hydrogens (primary N) is 1. The lowest BCUT2D eigenvalue weighted by molar-refractivity contribution is 0.492. The molecule has 2 atom stereocenters. The Morgan fingerprint density at radius 2 is 2.18 bits per heavy atom. The van der Waals surface area contributed by atoms with Gasteiger partial charge in [0.1, 0.15) is 0 Å². The average molecular weight is 232 g/mol. The Morgan fingerprint density at radius 3 is 2.94 bits per heavy atom. The van der Waals surface area contributed by atoms with E-state index in [0.29, 0.717) is 12.0 Å². The highest BCUT2D eigenvalue weighted by molar-refractivity contribution is 5.56. The molecule has 94 valence electrons. The molecule has 17 heavy (non-hydrogen) atoms. The van der Waals surface area contributed by atoms with Crippen LogP contribution in [-0.2, 0) is 6.42 Å². The summed E-state index contributed by atoms with van der Waals surface area (Å²) < 4.78 is 0. The summed E-state index contributed by atoms with van der Waals surface area (Å²) in [6.45, 7) is 6.50. The second kappa shape index (κ2) is 5.54. The van der Waals surface area contributed by atoms with Gasteiger partial charge in [-0.3, -0.25) is 0 Å². The third kappa shape index (κ3) is 2.81. The molecular formula is C15H24N2. The lowest BCUT2D eigenvalue weighted by Gasteiger charge is -2.37. The molecule has 1 aromatic carbocycles. The topological polar surface area (TPSA) is 29.3 Å². The molecule has 0 spiro atoms. The lowest BCUT2D eigenvalue weighted by Crippen LogP contribution is -2.38. The van der Waals surface area contributed by atoms with Gasteiger partial charge in [-0.05, 0) is 50.3 Å². The van der Waals surface area contributed by atoms with Crippen molar-refractivity contribution in [3.05, 3.63) is 29.8 Å². The number of benzene rings is 1. The number of hydrogen-bond donors (Lipinski definition) is 1. The van der Waals surface area contributed by atoms with Crippen LogP contribution in [0, 0.1) is 5.92 Å². The number of fused-ring (bicyclic) bond motifs is 1. The van der Waals surface area contributed by atoms with Crippen LogP contribution in [0.3, 0.4) is 0 Å². The monoisotopic (exact) mass is 232 g/mol. The van der Waals surface area contributed by atoms with Crippen LogP contribution < -0.4 is 10.6 Å². The molecule has 2 nitrogen and oxygen atoms in total. The van der Waals surface area contributed by atoms with Gasteiger partial charge in [-0.1, -0.05) is 25.1 Å². The molecule has 1 aromatic rings. The van der Waals surface area contributed by atoms with Crippen LogP contribution in [0.4, 0.5) is 5.69 Å². The van der Waals surface area contributed by atoms with Crippen molar-refractivity contribution in [2.75, 3.05) is 18.0 Å². The molecule has 0 radical (unpaired) electrons. The summed E-state index contributed by atoms with van der Waals surface area (Å²) in [5, 5.41) is 0. The van der Waals surface area contributed by atoms with Crippen LogP contribution in [-0.4, -0.2) is 19.1 Å². The first-order chi connectivity index (χ1) is 8.22. The van der Waals surface area contributed by atoms with Gasteiger partial charge in [0.15, 0.2) is 0 Å². The van der Waals surface area contributed by atoms with Gasteiger partial charge in [0.25, 0.3) is 0 Å². The third-order valence-corrected chi connectivity index (χ3v) is 3.93. The maximum Gasteiger partial charge on any atom is 0.0401 e. The third-order valence-electron chi connectivity index (χ3n) is 3.93. The Bertz CT molecular complexity index is 362. The maximum absolute atomic E-state index is 5.70. The van der Waals surface area contributed by atoms with Gasteiger partial charge in [0.2, 0.25) is 0 Å². The molecule has 0 aromatic heterocycles. The first kappa shape index (κ1) is 12.4. The fourth-order valence-corrected chi connectivity index (χ4v) is 2.58. The van der Waals surface area contributed by atoms with Gasteiger partial charge in [0.05, 0.1) is 0 Å². The first-order valence-electron chi connectivity index (χ1n) is 6.77. The van der Waals surface area contributed by atoms with Crippen molar-refractivity contribution < 1.29 is 0 Å². The van der Waals surface area contributed by atoms with Crippen molar-refractivity contribution in [2.45, 2.75) is 39.2 Å². The molecule has 0 amide bonds. The molecule has 1 aliphatic heterocycles. The summed E-state index contributed by atoms with van der Waals surface area (Å²) >= 11 is 0. The smallest absolute Gasteiger partial charge is 0.0401 e. The standard InChI is InChI=1S/C15H24N2/c1-12(11-16)9-10-17-13(2)7-8-14-5-3-4-6-15(14)17/h3-6,12-13H,7-11,16H2,1-2H3. The Kier molecular flexibility index (Phi) is 4.06. The zero-order valence-corrected chi connectivity index (χ0v) is 11.0. The van der Waals surface area contributed by atoms with Crippen LogP contribution >= 0.6 is 0 Å². The Labute approximate surface area is 105 Å². The summed E-state index contributed by atoms with van der Waals surface area (Å²) in [5.74, 6) is 0.622. The Morgan fingerprint density at radius 1 is 1.41 bits per heavy atom. The summed E-state index contributed by atoms with van der Waals surface area (Å²) in [6.07, 6.45) is 3.68. The molecule has 2 unspecified atom stereocenters. The molecule has 2 heteroatoms. The van der Waals surface area contributed by atoms with Crippen molar-refractivity contribution in [1.82, 2.24) is 0 Å². The van der Waals surface area contributed by atoms with Crippen LogP contribution in [0.25, 0.3) is 0 Å². The molecule has 0 fully saturated rings. The second-order valence-corrected chi connectivity index (χ2v) is 5.34. The predicted octanol–water partition coefficient (Wildman–Crippen LogP) is 2.81. The van der Waals surface area contributed by atoms with Crippen molar-refractivity contribution in [2.24, 2.45) is 11.7 Å². The summed E-state index contributed by atoms with van der Waals surface area (Å²) in [6, 6.07) is 9.49. The minimum absolute atomic E-state index is 0.622. The molecule has 0 saturated carbocycles. The molecular weight excluding hydrogens is 208 g/mol. The van der Waals surface area contributed by atoms with Crippen molar-refractivity contribution >= 4 is 5.69 Å². The van der Waals surface area contributed by atoms with Crippen LogP contribution in [0.1, 0.15) is 32.3 Å². The van der Waals surface area contributed by atoms with E-state index in [4.69, 9.17) is 5.73 Å². The van der Waals surface area contributed by atoms with Crippen LogP contribution in [0.15, 0.2) is 24.3 Å². The number of rotatable bonds is 4. The molecule has 1 heterocycles. The second-order valence-electron chi connectivity index (χ2n) is 5.34. The van der Waals surface area contributed by atoms with E-state index in [9.17, 15) is 0 Å². The summed E-state index contributed by atoms with van der Waals surface area (Å²) in [4.78, 5) is 2.56. The summed E-state index contributed by atoms with van der Waals surface area (Å²) in [5.41, 5.74) is 8.64. The zero-order chi connectivity index (χ0) is 12.3. The molecule has 2 N–H and O–H groups in total. The number of nitrogens with zero attached hydrogens (tertiary/aromatic N) is 1. The largest absolute Gasteiger partial charge is 0.369 e. The van der Waals surface area contributed by atoms with Gasteiger partial charge in [-0.2, -0.15) is 0 Å². The van der Waals surface area contributed by atoms with E-state index in [0.717, 1.165) is 13.1 Å².